The Hall–Kier alpha value is -2.34. The van der Waals surface area contributed by atoms with Crippen LogP contribution in [-0.2, 0) is 6.61 Å². The highest BCUT2D eigenvalue weighted by atomic mass is 127. The molecule has 3 aromatic carbocycles. The van der Waals surface area contributed by atoms with Gasteiger partial charge in [0.1, 0.15) is 12.4 Å². The molecule has 6 nitrogen and oxygen atoms in total. The minimum atomic E-state index is -0.324. The second-order valence-electron chi connectivity index (χ2n) is 6.37. The number of methoxy groups -OCH3 is 2. The summed E-state index contributed by atoms with van der Waals surface area (Å²) < 4.78 is 18.7. The third-order valence-corrected chi connectivity index (χ3v) is 5.90. The third-order valence-electron chi connectivity index (χ3n) is 4.29. The molecule has 0 unspecified atom stereocenters. The maximum Gasteiger partial charge on any atom is 0.271 e. The predicted molar refractivity (Wildman–Crippen MR) is 137 cm³/mol. The Labute approximate surface area is 208 Å². The van der Waals surface area contributed by atoms with Gasteiger partial charge in [-0.3, -0.25) is 4.79 Å². The summed E-state index contributed by atoms with van der Waals surface area (Å²) in [6.45, 7) is 0.441. The minimum absolute atomic E-state index is 0.324. The van der Waals surface area contributed by atoms with Crippen LogP contribution in [0.1, 0.15) is 21.5 Å². The Kier molecular flexibility index (Phi) is 8.52. The highest BCUT2D eigenvalue weighted by molar-refractivity contribution is 14.1. The van der Waals surface area contributed by atoms with Crippen molar-refractivity contribution < 1.29 is 19.0 Å². The maximum absolute atomic E-state index is 12.3. The highest BCUT2D eigenvalue weighted by Crippen LogP contribution is 2.28. The van der Waals surface area contributed by atoms with Gasteiger partial charge in [-0.15, -0.1) is 0 Å². The number of hydrogen-bond donors (Lipinski definition) is 1. The van der Waals surface area contributed by atoms with Crippen molar-refractivity contribution >= 4 is 57.3 Å². The van der Waals surface area contributed by atoms with E-state index < -0.39 is 0 Å². The molecule has 3 aromatic rings. The lowest BCUT2D eigenvalue weighted by Gasteiger charge is -2.11. The van der Waals surface area contributed by atoms with Crippen molar-refractivity contribution in [2.45, 2.75) is 6.61 Å². The lowest BCUT2D eigenvalue weighted by molar-refractivity contribution is 0.0954. The van der Waals surface area contributed by atoms with Gasteiger partial charge in [0.15, 0.2) is 11.5 Å². The average molecular weight is 642 g/mol. The molecule has 0 spiro atoms. The van der Waals surface area contributed by atoms with E-state index in [2.05, 4.69) is 55.7 Å². The summed E-state index contributed by atoms with van der Waals surface area (Å²) in [6.07, 6.45) is 1.55. The number of amides is 1. The van der Waals surface area contributed by atoms with Crippen LogP contribution in [0.15, 0.2) is 65.8 Å². The van der Waals surface area contributed by atoms with Gasteiger partial charge < -0.3 is 14.2 Å². The number of nitrogens with one attached hydrogen (secondary N) is 1. The number of rotatable bonds is 8. The number of nitrogens with zero attached hydrogens (tertiary/aromatic N) is 1. The molecular formula is C23H20I2N2O4. The Morgan fingerprint density at radius 2 is 1.68 bits per heavy atom. The zero-order valence-electron chi connectivity index (χ0n) is 16.9. The summed E-state index contributed by atoms with van der Waals surface area (Å²) in [5.74, 6) is 1.54. The number of benzene rings is 3. The van der Waals surface area contributed by atoms with Crippen molar-refractivity contribution in [3.63, 3.8) is 0 Å². The molecule has 1 N–H and O–H groups in total. The summed E-state index contributed by atoms with van der Waals surface area (Å²) in [5.41, 5.74) is 4.82. The Morgan fingerprint density at radius 3 is 2.39 bits per heavy atom. The first-order chi connectivity index (χ1) is 15.0. The SMILES string of the molecule is COc1cc(C(=O)N/N=C\c2ccc(OCc3ccc(I)cc3)c(OC)c2)ccc1I. The topological polar surface area (TPSA) is 69.2 Å². The molecule has 160 valence electrons. The quantitative estimate of drug-likeness (QED) is 0.207. The molecular weight excluding hydrogens is 622 g/mol. The van der Waals surface area contributed by atoms with E-state index in [1.165, 1.54) is 3.57 Å². The zero-order chi connectivity index (χ0) is 22.2. The fourth-order valence-corrected chi connectivity index (χ4v) is 3.57. The van der Waals surface area contributed by atoms with Crippen LogP contribution >= 0.6 is 45.2 Å². The predicted octanol–water partition coefficient (Wildman–Crippen LogP) is 5.26. The molecule has 31 heavy (non-hydrogen) atoms. The van der Waals surface area contributed by atoms with Crippen LogP contribution in [0, 0.1) is 7.14 Å². The van der Waals surface area contributed by atoms with Crippen LogP contribution in [0.4, 0.5) is 0 Å². The van der Waals surface area contributed by atoms with E-state index in [0.29, 0.717) is 29.4 Å². The number of hydrazone groups is 1. The van der Waals surface area contributed by atoms with E-state index in [1.54, 1.807) is 38.6 Å². The first-order valence-electron chi connectivity index (χ1n) is 9.22. The van der Waals surface area contributed by atoms with Crippen LogP contribution in [-0.4, -0.2) is 26.3 Å². The van der Waals surface area contributed by atoms with Crippen molar-refractivity contribution in [2.24, 2.45) is 5.10 Å². The summed E-state index contributed by atoms with van der Waals surface area (Å²) in [5, 5.41) is 4.04. The van der Waals surface area contributed by atoms with Crippen molar-refractivity contribution in [1.82, 2.24) is 5.43 Å². The molecule has 0 atom stereocenters. The van der Waals surface area contributed by atoms with Gasteiger partial charge in [-0.05, 0) is 105 Å². The van der Waals surface area contributed by atoms with E-state index >= 15 is 0 Å². The Morgan fingerprint density at radius 1 is 0.935 bits per heavy atom. The Balaban J connectivity index is 1.63. The van der Waals surface area contributed by atoms with E-state index in [-0.39, 0.29) is 5.91 Å². The molecule has 0 bridgehead atoms. The molecule has 0 fully saturated rings. The smallest absolute Gasteiger partial charge is 0.271 e. The molecule has 0 aliphatic carbocycles. The van der Waals surface area contributed by atoms with Crippen molar-refractivity contribution in [2.75, 3.05) is 14.2 Å². The number of carbonyl (C=O) groups is 1. The molecule has 0 aliphatic heterocycles. The van der Waals surface area contributed by atoms with Gasteiger partial charge in [-0.2, -0.15) is 5.10 Å². The zero-order valence-corrected chi connectivity index (χ0v) is 21.2. The van der Waals surface area contributed by atoms with Crippen LogP contribution in [0.5, 0.6) is 17.2 Å². The summed E-state index contributed by atoms with van der Waals surface area (Å²) in [7, 11) is 3.15. The monoisotopic (exact) mass is 642 g/mol. The van der Waals surface area contributed by atoms with Gasteiger partial charge in [-0.1, -0.05) is 12.1 Å². The normalized spacial score (nSPS) is 10.7. The number of hydrogen-bond acceptors (Lipinski definition) is 5. The molecule has 3 rings (SSSR count). The van der Waals surface area contributed by atoms with Gasteiger partial charge >= 0.3 is 0 Å². The van der Waals surface area contributed by atoms with Gasteiger partial charge in [0.05, 0.1) is 24.0 Å². The van der Waals surface area contributed by atoms with Crippen molar-refractivity contribution in [3.8, 4) is 17.2 Å². The van der Waals surface area contributed by atoms with E-state index in [0.717, 1.165) is 14.7 Å². The van der Waals surface area contributed by atoms with Gasteiger partial charge in [-0.25, -0.2) is 5.43 Å². The summed E-state index contributed by atoms with van der Waals surface area (Å²) in [6, 6.07) is 18.8. The number of ether oxygens (including phenoxy) is 3. The fraction of sp³-hybridized carbons (Fsp3) is 0.130. The van der Waals surface area contributed by atoms with Gasteiger partial charge in [0.2, 0.25) is 0 Å². The van der Waals surface area contributed by atoms with Crippen LogP contribution in [0.2, 0.25) is 0 Å². The number of carbonyl (C=O) groups excluding carboxylic acids is 1. The van der Waals surface area contributed by atoms with Crippen molar-refractivity contribution in [3.05, 3.63) is 84.5 Å². The third kappa shape index (κ3) is 6.57. The fourth-order valence-electron chi connectivity index (χ4n) is 2.66. The standard InChI is InChI=1S/C23H20I2N2O4/c1-29-21-12-17(6-9-19(21)25)23(28)27-26-13-16-5-10-20(22(11-16)30-2)31-14-15-3-7-18(24)8-4-15/h3-13H,14H2,1-2H3,(H,27,28)/b26-13-. The molecule has 0 aromatic heterocycles. The van der Waals surface area contributed by atoms with Crippen LogP contribution < -0.4 is 19.6 Å². The lowest BCUT2D eigenvalue weighted by Crippen LogP contribution is -2.17. The van der Waals surface area contributed by atoms with Gasteiger partial charge in [0, 0.05) is 9.13 Å². The molecule has 0 radical (unpaired) electrons. The first-order valence-corrected chi connectivity index (χ1v) is 11.4. The second-order valence-corrected chi connectivity index (χ2v) is 8.78. The molecule has 8 heteroatoms. The second kappa shape index (κ2) is 11.3. The largest absolute Gasteiger partial charge is 0.496 e. The molecule has 0 saturated carbocycles. The minimum Gasteiger partial charge on any atom is -0.496 e. The first kappa shape index (κ1) is 23.3. The van der Waals surface area contributed by atoms with E-state index in [9.17, 15) is 4.79 Å². The van der Waals surface area contributed by atoms with Crippen LogP contribution in [0.3, 0.4) is 0 Å². The highest BCUT2D eigenvalue weighted by Gasteiger charge is 2.09. The van der Waals surface area contributed by atoms with E-state index in [4.69, 9.17) is 14.2 Å². The lowest BCUT2D eigenvalue weighted by atomic mass is 10.2. The van der Waals surface area contributed by atoms with E-state index in [1.807, 2.05) is 42.5 Å². The molecule has 0 saturated heterocycles. The molecule has 0 heterocycles. The van der Waals surface area contributed by atoms with Gasteiger partial charge in [0.25, 0.3) is 5.91 Å². The number of halogens is 2. The van der Waals surface area contributed by atoms with Crippen molar-refractivity contribution in [1.29, 1.82) is 0 Å². The summed E-state index contributed by atoms with van der Waals surface area (Å²) >= 11 is 4.42. The Bertz CT molecular complexity index is 1090. The summed E-state index contributed by atoms with van der Waals surface area (Å²) in [4.78, 5) is 12.3. The maximum atomic E-state index is 12.3. The average Bonchev–Trinajstić information content (AvgIpc) is 2.79. The molecule has 1 amide bonds. The molecule has 0 aliphatic rings. The van der Waals surface area contributed by atoms with Crippen LogP contribution in [0.25, 0.3) is 0 Å².